The predicted molar refractivity (Wildman–Crippen MR) is 70.7 cm³/mol. The molecule has 1 rings (SSSR count). The summed E-state index contributed by atoms with van der Waals surface area (Å²) in [6.07, 6.45) is 2.57. The number of nitrogens with one attached hydrogen (secondary N) is 1. The molecule has 0 aliphatic carbocycles. The van der Waals surface area contributed by atoms with Gasteiger partial charge in [0, 0.05) is 43.2 Å². The van der Waals surface area contributed by atoms with E-state index in [2.05, 4.69) is 42.7 Å². The Labute approximate surface area is 99.2 Å². The van der Waals surface area contributed by atoms with Crippen LogP contribution in [0.3, 0.4) is 0 Å². The molecule has 0 radical (unpaired) electrons. The fraction of sp³-hybridized carbons (Fsp3) is 1.00. The van der Waals surface area contributed by atoms with E-state index >= 15 is 0 Å². The maximum atomic E-state index is 3.63. The predicted octanol–water partition coefficient (Wildman–Crippen LogP) is 2.20. The van der Waals surface area contributed by atoms with Crippen LogP contribution in [0.2, 0.25) is 0 Å². The van der Waals surface area contributed by atoms with Crippen molar-refractivity contribution in [3.8, 4) is 0 Å². The third-order valence-electron chi connectivity index (χ3n) is 3.15. The van der Waals surface area contributed by atoms with Crippen molar-refractivity contribution < 1.29 is 0 Å². The lowest BCUT2D eigenvalue weighted by Crippen LogP contribution is -2.46. The minimum absolute atomic E-state index is 0.677. The van der Waals surface area contributed by atoms with E-state index < -0.39 is 0 Å². The molecule has 1 heterocycles. The van der Waals surface area contributed by atoms with Crippen molar-refractivity contribution in [2.45, 2.75) is 45.7 Å². The van der Waals surface area contributed by atoms with Gasteiger partial charge in [0.25, 0.3) is 0 Å². The molecule has 90 valence electrons. The Kier molecular flexibility index (Phi) is 6.69. The largest absolute Gasteiger partial charge is 0.313 e. The Morgan fingerprint density at radius 3 is 2.53 bits per heavy atom. The second-order valence-electron chi connectivity index (χ2n) is 4.60. The molecule has 0 spiro atoms. The molecule has 0 amide bonds. The fourth-order valence-corrected chi connectivity index (χ4v) is 2.99. The van der Waals surface area contributed by atoms with E-state index in [1.165, 1.54) is 37.4 Å². The molecule has 2 unspecified atom stereocenters. The highest BCUT2D eigenvalue weighted by molar-refractivity contribution is 7.99. The van der Waals surface area contributed by atoms with Crippen LogP contribution in [0.4, 0.5) is 0 Å². The van der Waals surface area contributed by atoms with Gasteiger partial charge in [-0.3, -0.25) is 4.90 Å². The standard InChI is InChI=1S/C12H26N2S/c1-4-5-11(2)13-10-12(3)14-6-8-15-9-7-14/h11-13H,4-10H2,1-3H3. The molecule has 2 atom stereocenters. The average Bonchev–Trinajstić information content (AvgIpc) is 2.27. The monoisotopic (exact) mass is 230 g/mol. The smallest absolute Gasteiger partial charge is 0.0193 e. The molecule has 1 saturated heterocycles. The second kappa shape index (κ2) is 7.53. The third-order valence-corrected chi connectivity index (χ3v) is 4.09. The quantitative estimate of drug-likeness (QED) is 0.753. The lowest BCUT2D eigenvalue weighted by atomic mass is 10.2. The topological polar surface area (TPSA) is 15.3 Å². The fourth-order valence-electron chi connectivity index (χ4n) is 2.05. The van der Waals surface area contributed by atoms with E-state index in [-0.39, 0.29) is 0 Å². The average molecular weight is 230 g/mol. The SMILES string of the molecule is CCCC(C)NCC(C)N1CCSCC1. The summed E-state index contributed by atoms with van der Waals surface area (Å²) in [5.74, 6) is 2.63. The Balaban J connectivity index is 2.13. The minimum atomic E-state index is 0.677. The number of hydrogen-bond acceptors (Lipinski definition) is 3. The summed E-state index contributed by atoms with van der Waals surface area (Å²) in [6, 6.07) is 1.38. The first-order valence-electron chi connectivity index (χ1n) is 6.29. The Morgan fingerprint density at radius 2 is 1.93 bits per heavy atom. The highest BCUT2D eigenvalue weighted by Crippen LogP contribution is 2.11. The Morgan fingerprint density at radius 1 is 1.27 bits per heavy atom. The summed E-state index contributed by atoms with van der Waals surface area (Å²) in [5, 5.41) is 3.63. The van der Waals surface area contributed by atoms with Gasteiger partial charge in [0.15, 0.2) is 0 Å². The zero-order valence-electron chi connectivity index (χ0n) is 10.5. The molecule has 0 saturated carbocycles. The van der Waals surface area contributed by atoms with E-state index in [9.17, 15) is 0 Å². The van der Waals surface area contributed by atoms with E-state index in [1.807, 2.05) is 0 Å². The molecule has 2 nitrogen and oxygen atoms in total. The summed E-state index contributed by atoms with van der Waals surface area (Å²) >= 11 is 2.09. The molecule has 0 aromatic carbocycles. The maximum absolute atomic E-state index is 3.63. The molecular weight excluding hydrogens is 204 g/mol. The molecule has 1 aliphatic rings. The summed E-state index contributed by atoms with van der Waals surface area (Å²) in [6.45, 7) is 10.6. The molecular formula is C12H26N2S. The van der Waals surface area contributed by atoms with Crippen molar-refractivity contribution in [2.24, 2.45) is 0 Å². The molecule has 3 heteroatoms. The zero-order valence-corrected chi connectivity index (χ0v) is 11.3. The summed E-state index contributed by atoms with van der Waals surface area (Å²) in [7, 11) is 0. The second-order valence-corrected chi connectivity index (χ2v) is 5.82. The number of hydrogen-bond donors (Lipinski definition) is 1. The summed E-state index contributed by atoms with van der Waals surface area (Å²) in [4.78, 5) is 2.61. The minimum Gasteiger partial charge on any atom is -0.313 e. The molecule has 0 aromatic heterocycles. The highest BCUT2D eigenvalue weighted by Gasteiger charge is 2.16. The van der Waals surface area contributed by atoms with E-state index in [0.29, 0.717) is 12.1 Å². The van der Waals surface area contributed by atoms with Gasteiger partial charge in [-0.1, -0.05) is 13.3 Å². The first-order chi connectivity index (χ1) is 7.24. The van der Waals surface area contributed by atoms with Crippen LogP contribution in [0.25, 0.3) is 0 Å². The zero-order chi connectivity index (χ0) is 11.1. The van der Waals surface area contributed by atoms with Crippen LogP contribution in [0.15, 0.2) is 0 Å². The third kappa shape index (κ3) is 5.23. The van der Waals surface area contributed by atoms with Crippen molar-refractivity contribution in [3.05, 3.63) is 0 Å². The Bertz CT molecular complexity index is 158. The van der Waals surface area contributed by atoms with Gasteiger partial charge in [-0.25, -0.2) is 0 Å². The van der Waals surface area contributed by atoms with Gasteiger partial charge < -0.3 is 5.32 Å². The van der Waals surface area contributed by atoms with Crippen LogP contribution in [0, 0.1) is 0 Å². The number of rotatable bonds is 6. The Hall–Kier alpha value is 0.270. The van der Waals surface area contributed by atoms with Crippen LogP contribution in [0.1, 0.15) is 33.6 Å². The van der Waals surface area contributed by atoms with Gasteiger partial charge in [0.05, 0.1) is 0 Å². The van der Waals surface area contributed by atoms with Crippen molar-refractivity contribution in [1.29, 1.82) is 0 Å². The van der Waals surface area contributed by atoms with Crippen LogP contribution >= 0.6 is 11.8 Å². The van der Waals surface area contributed by atoms with Gasteiger partial charge in [-0.2, -0.15) is 11.8 Å². The normalized spacial score (nSPS) is 22.6. The maximum Gasteiger partial charge on any atom is 0.0193 e. The van der Waals surface area contributed by atoms with Crippen molar-refractivity contribution in [3.63, 3.8) is 0 Å². The van der Waals surface area contributed by atoms with Gasteiger partial charge in [0.2, 0.25) is 0 Å². The number of thioether (sulfide) groups is 1. The first kappa shape index (κ1) is 13.3. The molecule has 1 aliphatic heterocycles. The molecule has 0 bridgehead atoms. The summed E-state index contributed by atoms with van der Waals surface area (Å²) in [5.41, 5.74) is 0. The van der Waals surface area contributed by atoms with Crippen LogP contribution in [0.5, 0.6) is 0 Å². The molecule has 0 aromatic rings. The molecule has 1 N–H and O–H groups in total. The van der Waals surface area contributed by atoms with Crippen LogP contribution in [-0.4, -0.2) is 48.1 Å². The molecule has 15 heavy (non-hydrogen) atoms. The van der Waals surface area contributed by atoms with Gasteiger partial charge in [0.1, 0.15) is 0 Å². The van der Waals surface area contributed by atoms with Crippen molar-refractivity contribution in [1.82, 2.24) is 10.2 Å². The van der Waals surface area contributed by atoms with E-state index in [4.69, 9.17) is 0 Å². The van der Waals surface area contributed by atoms with Gasteiger partial charge in [-0.15, -0.1) is 0 Å². The van der Waals surface area contributed by atoms with Crippen LogP contribution in [-0.2, 0) is 0 Å². The van der Waals surface area contributed by atoms with Crippen molar-refractivity contribution in [2.75, 3.05) is 31.1 Å². The van der Waals surface area contributed by atoms with Crippen molar-refractivity contribution >= 4 is 11.8 Å². The lowest BCUT2D eigenvalue weighted by molar-refractivity contribution is 0.220. The first-order valence-corrected chi connectivity index (χ1v) is 7.44. The van der Waals surface area contributed by atoms with E-state index in [0.717, 1.165) is 6.54 Å². The summed E-state index contributed by atoms with van der Waals surface area (Å²) < 4.78 is 0. The van der Waals surface area contributed by atoms with E-state index in [1.54, 1.807) is 0 Å². The molecule has 1 fully saturated rings. The van der Waals surface area contributed by atoms with Crippen LogP contribution < -0.4 is 5.32 Å². The highest BCUT2D eigenvalue weighted by atomic mass is 32.2. The lowest BCUT2D eigenvalue weighted by Gasteiger charge is -2.32. The van der Waals surface area contributed by atoms with Gasteiger partial charge in [-0.05, 0) is 20.3 Å². The van der Waals surface area contributed by atoms with Gasteiger partial charge >= 0.3 is 0 Å². The number of nitrogens with zero attached hydrogens (tertiary/aromatic N) is 1.